The van der Waals surface area contributed by atoms with Crippen LogP contribution in [-0.4, -0.2) is 26.0 Å². The Hall–Kier alpha value is -2.69. The summed E-state index contributed by atoms with van der Waals surface area (Å²) in [5.74, 6) is -1.02. The number of hydrogen-bond acceptors (Lipinski definition) is 6. The standard InChI is InChI=1S/C11H10N4O4/c1-6-7-8(14-19-6)10(16)15(5-3-2-4-12)13-9(7)11(17)18/h2-3,5H2,1H3,(H,17,18). The number of aromatic carboxylic acids is 1. The van der Waals surface area contributed by atoms with Crippen molar-refractivity contribution in [1.82, 2.24) is 14.9 Å². The number of nitrogens with zero attached hydrogens (tertiary/aromatic N) is 4. The molecule has 0 radical (unpaired) electrons. The van der Waals surface area contributed by atoms with Gasteiger partial charge in [-0.3, -0.25) is 4.79 Å². The van der Waals surface area contributed by atoms with Gasteiger partial charge in [0.25, 0.3) is 5.56 Å². The van der Waals surface area contributed by atoms with Crippen molar-refractivity contribution in [3.63, 3.8) is 0 Å². The topological polar surface area (TPSA) is 122 Å². The van der Waals surface area contributed by atoms with Gasteiger partial charge in [0.1, 0.15) is 5.76 Å². The molecule has 1 N–H and O–H groups in total. The third-order valence-corrected chi connectivity index (χ3v) is 2.62. The summed E-state index contributed by atoms with van der Waals surface area (Å²) < 4.78 is 5.85. The fourth-order valence-corrected chi connectivity index (χ4v) is 1.74. The second kappa shape index (κ2) is 4.89. The summed E-state index contributed by atoms with van der Waals surface area (Å²) in [6.07, 6.45) is 0.664. The zero-order valence-electron chi connectivity index (χ0n) is 10.1. The average Bonchev–Trinajstić information content (AvgIpc) is 2.75. The van der Waals surface area contributed by atoms with Crippen molar-refractivity contribution < 1.29 is 14.4 Å². The van der Waals surface area contributed by atoms with Crippen LogP contribution in [0, 0.1) is 18.3 Å². The van der Waals surface area contributed by atoms with Gasteiger partial charge in [0.2, 0.25) is 0 Å². The lowest BCUT2D eigenvalue weighted by molar-refractivity contribution is 0.0689. The first-order valence-corrected chi connectivity index (χ1v) is 5.53. The molecule has 0 fully saturated rings. The van der Waals surface area contributed by atoms with Crippen molar-refractivity contribution in [2.75, 3.05) is 0 Å². The highest BCUT2D eigenvalue weighted by Crippen LogP contribution is 2.17. The lowest BCUT2D eigenvalue weighted by Gasteiger charge is -2.04. The quantitative estimate of drug-likeness (QED) is 0.804. The third kappa shape index (κ3) is 2.18. The Morgan fingerprint density at radius 3 is 2.95 bits per heavy atom. The number of rotatable bonds is 4. The third-order valence-electron chi connectivity index (χ3n) is 2.62. The van der Waals surface area contributed by atoms with Gasteiger partial charge in [-0.25, -0.2) is 9.48 Å². The maximum Gasteiger partial charge on any atom is 0.357 e. The molecule has 0 spiro atoms. The van der Waals surface area contributed by atoms with E-state index in [2.05, 4.69) is 10.3 Å². The van der Waals surface area contributed by atoms with Crippen molar-refractivity contribution in [3.8, 4) is 6.07 Å². The highest BCUT2D eigenvalue weighted by molar-refractivity contribution is 6.00. The first-order chi connectivity index (χ1) is 9.06. The minimum atomic E-state index is -1.26. The Morgan fingerprint density at radius 2 is 2.32 bits per heavy atom. The van der Waals surface area contributed by atoms with E-state index in [1.807, 2.05) is 6.07 Å². The van der Waals surface area contributed by atoms with Crippen LogP contribution < -0.4 is 5.56 Å². The van der Waals surface area contributed by atoms with E-state index in [0.29, 0.717) is 6.42 Å². The highest BCUT2D eigenvalue weighted by Gasteiger charge is 2.21. The number of nitriles is 1. The van der Waals surface area contributed by atoms with E-state index >= 15 is 0 Å². The number of unbranched alkanes of at least 4 members (excludes halogenated alkanes) is 1. The summed E-state index contributed by atoms with van der Waals surface area (Å²) in [5.41, 5.74) is -0.845. The number of carboxylic acids is 1. The molecule has 0 aliphatic rings. The summed E-state index contributed by atoms with van der Waals surface area (Å²) in [6.45, 7) is 1.68. The summed E-state index contributed by atoms with van der Waals surface area (Å²) in [6, 6.07) is 1.94. The van der Waals surface area contributed by atoms with Crippen LogP contribution in [-0.2, 0) is 6.54 Å². The second-order valence-electron chi connectivity index (χ2n) is 3.91. The summed E-state index contributed by atoms with van der Waals surface area (Å²) >= 11 is 0. The zero-order chi connectivity index (χ0) is 14.0. The van der Waals surface area contributed by atoms with Crippen molar-refractivity contribution >= 4 is 16.9 Å². The first-order valence-electron chi connectivity index (χ1n) is 5.53. The van der Waals surface area contributed by atoms with Gasteiger partial charge in [-0.2, -0.15) is 10.4 Å². The van der Waals surface area contributed by atoms with Gasteiger partial charge < -0.3 is 9.63 Å². The Kier molecular flexibility index (Phi) is 3.29. The average molecular weight is 262 g/mol. The zero-order valence-corrected chi connectivity index (χ0v) is 10.1. The molecule has 8 nitrogen and oxygen atoms in total. The van der Waals surface area contributed by atoms with Gasteiger partial charge in [-0.1, -0.05) is 5.16 Å². The van der Waals surface area contributed by atoms with Gasteiger partial charge in [0, 0.05) is 13.0 Å². The fourth-order valence-electron chi connectivity index (χ4n) is 1.74. The lowest BCUT2D eigenvalue weighted by atomic mass is 10.2. The molecule has 0 saturated carbocycles. The molecule has 0 aromatic carbocycles. The predicted molar refractivity (Wildman–Crippen MR) is 62.6 cm³/mol. The smallest absolute Gasteiger partial charge is 0.357 e. The van der Waals surface area contributed by atoms with Crippen LogP contribution in [0.2, 0.25) is 0 Å². The Morgan fingerprint density at radius 1 is 1.58 bits per heavy atom. The normalized spacial score (nSPS) is 10.5. The largest absolute Gasteiger partial charge is 0.476 e. The van der Waals surface area contributed by atoms with Crippen molar-refractivity contribution in [2.24, 2.45) is 0 Å². The Balaban J connectivity index is 2.61. The van der Waals surface area contributed by atoms with E-state index in [1.165, 1.54) is 6.92 Å². The molecule has 98 valence electrons. The molecule has 2 rings (SSSR count). The molecule has 0 aliphatic carbocycles. The monoisotopic (exact) mass is 262 g/mol. The van der Waals surface area contributed by atoms with Crippen molar-refractivity contribution in [3.05, 3.63) is 21.8 Å². The SMILES string of the molecule is Cc1onc2c(=O)n(CCCC#N)nc(C(=O)O)c12. The molecular formula is C11H10N4O4. The molecule has 0 bridgehead atoms. The number of aromatic nitrogens is 3. The molecule has 0 atom stereocenters. The van der Waals surface area contributed by atoms with E-state index in [9.17, 15) is 9.59 Å². The number of aryl methyl sites for hydroxylation is 2. The Bertz CT molecular complexity index is 737. The van der Waals surface area contributed by atoms with Crippen LogP contribution in [0.25, 0.3) is 10.9 Å². The molecular weight excluding hydrogens is 252 g/mol. The fraction of sp³-hybridized carbons (Fsp3) is 0.364. The van der Waals surface area contributed by atoms with Gasteiger partial charge in [-0.15, -0.1) is 0 Å². The number of carboxylic acid groups (broad SMARTS) is 1. The number of carbonyl (C=O) groups is 1. The van der Waals surface area contributed by atoms with Gasteiger partial charge in [0.15, 0.2) is 11.2 Å². The minimum absolute atomic E-state index is 0.0538. The molecule has 0 unspecified atom stereocenters. The lowest BCUT2D eigenvalue weighted by Crippen LogP contribution is -2.26. The van der Waals surface area contributed by atoms with Crippen LogP contribution in [0.4, 0.5) is 0 Å². The van der Waals surface area contributed by atoms with E-state index in [4.69, 9.17) is 14.9 Å². The molecule has 0 amide bonds. The van der Waals surface area contributed by atoms with Crippen LogP contribution in [0.5, 0.6) is 0 Å². The summed E-state index contributed by atoms with van der Waals surface area (Å²) in [7, 11) is 0. The Labute approximate surface area is 106 Å². The van der Waals surface area contributed by atoms with Gasteiger partial charge in [-0.05, 0) is 13.3 Å². The predicted octanol–water partition coefficient (Wildman–Crippen LogP) is 0.695. The van der Waals surface area contributed by atoms with E-state index in [1.54, 1.807) is 0 Å². The first kappa shape index (κ1) is 12.8. The molecule has 8 heteroatoms. The minimum Gasteiger partial charge on any atom is -0.476 e. The van der Waals surface area contributed by atoms with Gasteiger partial charge >= 0.3 is 5.97 Å². The molecule has 2 heterocycles. The molecule has 2 aromatic rings. The van der Waals surface area contributed by atoms with Crippen molar-refractivity contribution in [2.45, 2.75) is 26.3 Å². The van der Waals surface area contributed by atoms with Crippen LogP contribution in [0.3, 0.4) is 0 Å². The molecule has 0 saturated heterocycles. The van der Waals surface area contributed by atoms with Crippen molar-refractivity contribution in [1.29, 1.82) is 5.26 Å². The van der Waals surface area contributed by atoms with E-state index in [0.717, 1.165) is 4.68 Å². The molecule has 2 aromatic heterocycles. The maximum atomic E-state index is 12.0. The summed E-state index contributed by atoms with van der Waals surface area (Å²) in [5, 5.41) is 25.1. The molecule has 19 heavy (non-hydrogen) atoms. The molecule has 0 aliphatic heterocycles. The summed E-state index contributed by atoms with van der Waals surface area (Å²) in [4.78, 5) is 23.2. The van der Waals surface area contributed by atoms with Crippen LogP contribution in [0.15, 0.2) is 9.32 Å². The van der Waals surface area contributed by atoms with Crippen LogP contribution >= 0.6 is 0 Å². The second-order valence-corrected chi connectivity index (χ2v) is 3.91. The highest BCUT2D eigenvalue weighted by atomic mass is 16.5. The maximum absolute atomic E-state index is 12.0. The van der Waals surface area contributed by atoms with E-state index < -0.39 is 11.5 Å². The van der Waals surface area contributed by atoms with Gasteiger partial charge in [0.05, 0.1) is 11.5 Å². The van der Waals surface area contributed by atoms with E-state index in [-0.39, 0.29) is 35.3 Å². The number of fused-ring (bicyclic) bond motifs is 1. The number of hydrogen-bond donors (Lipinski definition) is 1. The van der Waals surface area contributed by atoms with Crippen LogP contribution in [0.1, 0.15) is 29.1 Å².